The number of aryl methyl sites for hydroxylation is 1. The van der Waals surface area contributed by atoms with Crippen molar-refractivity contribution < 1.29 is 4.79 Å². The highest BCUT2D eigenvalue weighted by molar-refractivity contribution is 7.16. The number of nitrogens with one attached hydrogen (secondary N) is 1. The molecule has 9 heteroatoms. The van der Waals surface area contributed by atoms with Crippen LogP contribution in [0.15, 0.2) is 48.4 Å². The van der Waals surface area contributed by atoms with Gasteiger partial charge in [-0.25, -0.2) is 15.0 Å². The zero-order valence-corrected chi connectivity index (χ0v) is 16.6. The quantitative estimate of drug-likeness (QED) is 0.561. The average molecular weight is 405 g/mol. The lowest BCUT2D eigenvalue weighted by Gasteiger charge is -2.17. The highest BCUT2D eigenvalue weighted by Crippen LogP contribution is 2.22. The minimum absolute atomic E-state index is 0.0582. The Labute approximate surface area is 171 Å². The van der Waals surface area contributed by atoms with Gasteiger partial charge >= 0.3 is 0 Å². The lowest BCUT2D eigenvalue weighted by Crippen LogP contribution is -2.37. The summed E-state index contributed by atoms with van der Waals surface area (Å²) in [7, 11) is 1.88. The van der Waals surface area contributed by atoms with Crippen molar-refractivity contribution in [1.82, 2.24) is 30.0 Å². The number of thiazole rings is 1. The van der Waals surface area contributed by atoms with Crippen molar-refractivity contribution in [2.24, 2.45) is 7.05 Å². The molecule has 3 aromatic heterocycles. The number of nitrogens with zero attached hydrogens (tertiary/aromatic N) is 6. The molecular weight excluding hydrogens is 386 g/mol. The molecule has 1 unspecified atom stereocenters. The van der Waals surface area contributed by atoms with E-state index in [1.54, 1.807) is 22.6 Å². The number of anilines is 1. The molecule has 0 bridgehead atoms. The molecule has 146 valence electrons. The highest BCUT2D eigenvalue weighted by atomic mass is 32.1. The van der Waals surface area contributed by atoms with Crippen LogP contribution in [0.2, 0.25) is 0 Å². The van der Waals surface area contributed by atoms with Crippen LogP contribution in [0.4, 0.5) is 5.95 Å². The number of carbonyl (C=O) groups is 1. The molecular formula is C20H19N7OS. The summed E-state index contributed by atoms with van der Waals surface area (Å²) in [6.45, 7) is 1.49. The molecule has 1 atom stereocenters. The molecule has 4 aromatic rings. The first-order valence-corrected chi connectivity index (χ1v) is 10.2. The molecule has 1 aliphatic heterocycles. The Morgan fingerprint density at radius 1 is 1.28 bits per heavy atom. The van der Waals surface area contributed by atoms with Crippen molar-refractivity contribution in [3.63, 3.8) is 0 Å². The van der Waals surface area contributed by atoms with Crippen LogP contribution in [0.25, 0.3) is 21.5 Å². The van der Waals surface area contributed by atoms with E-state index in [0.717, 1.165) is 34.4 Å². The van der Waals surface area contributed by atoms with E-state index in [1.807, 2.05) is 37.5 Å². The topological polar surface area (TPSA) is 88.8 Å². The van der Waals surface area contributed by atoms with E-state index in [2.05, 4.69) is 30.3 Å². The molecule has 1 N–H and O–H groups in total. The van der Waals surface area contributed by atoms with Gasteiger partial charge in [0.2, 0.25) is 5.95 Å². The lowest BCUT2D eigenvalue weighted by molar-refractivity contribution is 0.0940. The average Bonchev–Trinajstić information content (AvgIpc) is 3.48. The van der Waals surface area contributed by atoms with Crippen LogP contribution in [-0.2, 0) is 7.05 Å². The van der Waals surface area contributed by atoms with Gasteiger partial charge in [-0.3, -0.25) is 9.48 Å². The van der Waals surface area contributed by atoms with Crippen LogP contribution in [-0.4, -0.2) is 49.8 Å². The summed E-state index contributed by atoms with van der Waals surface area (Å²) in [6, 6.07) is 7.55. The third-order valence-corrected chi connectivity index (χ3v) is 5.84. The molecule has 1 aromatic carbocycles. The second-order valence-corrected chi connectivity index (χ2v) is 7.97. The van der Waals surface area contributed by atoms with Crippen LogP contribution in [0, 0.1) is 0 Å². The van der Waals surface area contributed by atoms with Gasteiger partial charge in [0.15, 0.2) is 0 Å². The van der Waals surface area contributed by atoms with Gasteiger partial charge in [0, 0.05) is 49.7 Å². The fourth-order valence-electron chi connectivity index (χ4n) is 3.54. The number of aromatic nitrogens is 5. The van der Waals surface area contributed by atoms with E-state index < -0.39 is 0 Å². The SMILES string of the molecule is Cn1cc(-c2ccnc(N3CCC(NC(=O)c4ccc5ncsc5c4)C3)n2)cn1. The smallest absolute Gasteiger partial charge is 0.251 e. The number of fused-ring (bicyclic) bond motifs is 1. The molecule has 4 heterocycles. The van der Waals surface area contributed by atoms with Crippen LogP contribution in [0.5, 0.6) is 0 Å². The van der Waals surface area contributed by atoms with Gasteiger partial charge in [0.25, 0.3) is 5.91 Å². The Kier molecular flexibility index (Phi) is 4.44. The van der Waals surface area contributed by atoms with E-state index in [4.69, 9.17) is 0 Å². The van der Waals surface area contributed by atoms with Gasteiger partial charge in [0.05, 0.1) is 27.6 Å². The number of hydrogen-bond donors (Lipinski definition) is 1. The van der Waals surface area contributed by atoms with E-state index in [9.17, 15) is 4.79 Å². The molecule has 29 heavy (non-hydrogen) atoms. The molecule has 0 aliphatic carbocycles. The van der Waals surface area contributed by atoms with Crippen molar-refractivity contribution >= 4 is 33.4 Å². The summed E-state index contributed by atoms with van der Waals surface area (Å²) in [4.78, 5) is 28.1. The number of benzene rings is 1. The van der Waals surface area contributed by atoms with Crippen molar-refractivity contribution in [3.05, 3.63) is 53.9 Å². The largest absolute Gasteiger partial charge is 0.347 e. The first kappa shape index (κ1) is 17.7. The first-order valence-electron chi connectivity index (χ1n) is 9.37. The maximum Gasteiger partial charge on any atom is 0.251 e. The van der Waals surface area contributed by atoms with E-state index in [1.165, 1.54) is 11.3 Å². The minimum Gasteiger partial charge on any atom is -0.347 e. The second-order valence-electron chi connectivity index (χ2n) is 7.08. The summed E-state index contributed by atoms with van der Waals surface area (Å²) in [6.07, 6.45) is 6.34. The zero-order valence-electron chi connectivity index (χ0n) is 15.8. The second kappa shape index (κ2) is 7.25. The Hall–Kier alpha value is -3.33. The Morgan fingerprint density at radius 2 is 2.21 bits per heavy atom. The standard InChI is InChI=1S/C20H19N7OS/c1-26-10-14(9-23-26)16-4-6-21-20(25-16)27-7-5-15(11-27)24-19(28)13-2-3-17-18(8-13)29-12-22-17/h2-4,6,8-10,12,15H,5,7,11H2,1H3,(H,24,28). The van der Waals surface area contributed by atoms with Gasteiger partial charge in [0.1, 0.15) is 0 Å². The van der Waals surface area contributed by atoms with Crippen LogP contribution >= 0.6 is 11.3 Å². The molecule has 0 saturated carbocycles. The molecule has 0 spiro atoms. The van der Waals surface area contributed by atoms with Crippen molar-refractivity contribution in [1.29, 1.82) is 0 Å². The predicted molar refractivity (Wildman–Crippen MR) is 112 cm³/mol. The Balaban J connectivity index is 1.27. The van der Waals surface area contributed by atoms with Gasteiger partial charge in [-0.05, 0) is 30.7 Å². The fourth-order valence-corrected chi connectivity index (χ4v) is 4.26. The third kappa shape index (κ3) is 3.56. The van der Waals surface area contributed by atoms with Crippen LogP contribution in [0.3, 0.4) is 0 Å². The number of amides is 1. The maximum atomic E-state index is 12.7. The monoisotopic (exact) mass is 405 g/mol. The maximum absolute atomic E-state index is 12.7. The van der Waals surface area contributed by atoms with Crippen molar-refractivity contribution in [2.75, 3.05) is 18.0 Å². The predicted octanol–water partition coefficient (Wildman–Crippen LogP) is 2.50. The fraction of sp³-hybridized carbons (Fsp3) is 0.250. The summed E-state index contributed by atoms with van der Waals surface area (Å²) < 4.78 is 2.77. The lowest BCUT2D eigenvalue weighted by atomic mass is 10.2. The van der Waals surface area contributed by atoms with Gasteiger partial charge in [-0.1, -0.05) is 0 Å². The summed E-state index contributed by atoms with van der Waals surface area (Å²) >= 11 is 1.54. The summed E-state index contributed by atoms with van der Waals surface area (Å²) in [5, 5.41) is 7.34. The highest BCUT2D eigenvalue weighted by Gasteiger charge is 2.26. The van der Waals surface area contributed by atoms with Crippen LogP contribution < -0.4 is 10.2 Å². The zero-order chi connectivity index (χ0) is 19.8. The molecule has 5 rings (SSSR count). The Bertz CT molecular complexity index is 1180. The molecule has 1 amide bonds. The van der Waals surface area contributed by atoms with Gasteiger partial charge in [-0.2, -0.15) is 5.10 Å². The van der Waals surface area contributed by atoms with Gasteiger partial charge in [-0.15, -0.1) is 11.3 Å². The number of hydrogen-bond acceptors (Lipinski definition) is 7. The van der Waals surface area contributed by atoms with E-state index in [-0.39, 0.29) is 11.9 Å². The van der Waals surface area contributed by atoms with Crippen molar-refractivity contribution in [2.45, 2.75) is 12.5 Å². The van der Waals surface area contributed by atoms with Crippen LogP contribution in [0.1, 0.15) is 16.8 Å². The summed E-state index contributed by atoms with van der Waals surface area (Å²) in [5.41, 5.74) is 5.17. The normalized spacial score (nSPS) is 16.4. The third-order valence-electron chi connectivity index (χ3n) is 5.04. The molecule has 8 nitrogen and oxygen atoms in total. The first-order chi connectivity index (χ1) is 14.2. The Morgan fingerprint density at radius 3 is 3.07 bits per heavy atom. The number of rotatable bonds is 4. The summed E-state index contributed by atoms with van der Waals surface area (Å²) in [5.74, 6) is 0.617. The molecule has 1 aliphatic rings. The molecule has 1 saturated heterocycles. The van der Waals surface area contributed by atoms with Gasteiger partial charge < -0.3 is 10.2 Å². The van der Waals surface area contributed by atoms with E-state index >= 15 is 0 Å². The number of carbonyl (C=O) groups excluding carboxylic acids is 1. The minimum atomic E-state index is -0.0582. The van der Waals surface area contributed by atoms with E-state index in [0.29, 0.717) is 18.1 Å². The molecule has 0 radical (unpaired) electrons. The van der Waals surface area contributed by atoms with Crippen molar-refractivity contribution in [3.8, 4) is 11.3 Å². The molecule has 1 fully saturated rings.